The van der Waals surface area contributed by atoms with E-state index in [4.69, 9.17) is 0 Å². The molecule has 1 rings (SSSR count). The first-order valence-corrected chi connectivity index (χ1v) is 19.6. The van der Waals surface area contributed by atoms with E-state index in [9.17, 15) is 4.79 Å². The first kappa shape index (κ1) is 23.7. The molecule has 0 aliphatic carbocycles. The normalized spacial score (nSPS) is 11.7. The van der Waals surface area contributed by atoms with Crippen molar-refractivity contribution in [3.8, 4) is 0 Å². The summed E-state index contributed by atoms with van der Waals surface area (Å²) >= 11 is -2.73. The summed E-state index contributed by atoms with van der Waals surface area (Å²) in [6.45, 7) is 4.54. The van der Waals surface area contributed by atoms with E-state index in [1.165, 1.54) is 85.9 Å². The molecule has 0 spiro atoms. The maximum absolute atomic E-state index is 13.3. The summed E-state index contributed by atoms with van der Waals surface area (Å²) < 4.78 is 3.08. The molecule has 0 unspecified atom stereocenters. The molecular weight excluding hydrogens is 423 g/mol. The van der Waals surface area contributed by atoms with Crippen LogP contribution in [0.4, 0.5) is 0 Å². The molecular formula is C24H42OSn. The van der Waals surface area contributed by atoms with E-state index in [0.717, 1.165) is 5.56 Å². The molecule has 0 saturated carbocycles. The monoisotopic (exact) mass is 466 g/mol. The Labute approximate surface area is 167 Å². The standard InChI is InChI=1S/2C8H17.C7H5O.CH3.Sn/c2*1-3-5-7-8-6-4-2;8-6-7-4-2-1-3-5-7;;/h2*1,3-8H2,2H3;1-5H;1H3;. The van der Waals surface area contributed by atoms with Crippen LogP contribution < -0.4 is 0 Å². The van der Waals surface area contributed by atoms with E-state index >= 15 is 0 Å². The Morgan fingerprint density at radius 3 is 1.58 bits per heavy atom. The number of benzene rings is 1. The summed E-state index contributed by atoms with van der Waals surface area (Å²) in [5.74, 6) is 0. The minimum atomic E-state index is -2.73. The number of hydrogen-bond acceptors (Lipinski definition) is 1. The Morgan fingerprint density at radius 2 is 1.12 bits per heavy atom. The van der Waals surface area contributed by atoms with Crippen molar-refractivity contribution in [1.29, 1.82) is 0 Å². The van der Waals surface area contributed by atoms with Gasteiger partial charge in [-0.1, -0.05) is 0 Å². The van der Waals surface area contributed by atoms with Crippen LogP contribution in [-0.4, -0.2) is 22.2 Å². The molecule has 0 saturated heterocycles. The molecule has 0 aliphatic heterocycles. The Balaban J connectivity index is 2.54. The van der Waals surface area contributed by atoms with E-state index in [0.29, 0.717) is 3.80 Å². The van der Waals surface area contributed by atoms with Gasteiger partial charge in [-0.2, -0.15) is 0 Å². The average Bonchev–Trinajstić information content (AvgIpc) is 2.67. The third-order valence-corrected chi connectivity index (χ3v) is 18.0. The molecule has 0 heterocycles. The molecule has 26 heavy (non-hydrogen) atoms. The van der Waals surface area contributed by atoms with Gasteiger partial charge in [0.05, 0.1) is 0 Å². The van der Waals surface area contributed by atoms with Gasteiger partial charge in [0.2, 0.25) is 0 Å². The molecule has 0 N–H and O–H groups in total. The summed E-state index contributed by atoms with van der Waals surface area (Å²) in [7, 11) is 0. The quantitative estimate of drug-likeness (QED) is 0.178. The molecule has 0 aromatic heterocycles. The Morgan fingerprint density at radius 1 is 0.692 bits per heavy atom. The Bertz CT molecular complexity index is 452. The van der Waals surface area contributed by atoms with E-state index in [2.05, 4.69) is 18.8 Å². The van der Waals surface area contributed by atoms with Crippen molar-refractivity contribution in [3.05, 3.63) is 35.9 Å². The van der Waals surface area contributed by atoms with Crippen molar-refractivity contribution >= 4 is 22.2 Å². The van der Waals surface area contributed by atoms with Gasteiger partial charge in [0.15, 0.2) is 0 Å². The van der Waals surface area contributed by atoms with Crippen LogP contribution in [0.1, 0.15) is 101 Å². The molecule has 2 heteroatoms. The summed E-state index contributed by atoms with van der Waals surface area (Å²) in [6.07, 6.45) is 16.0. The zero-order valence-corrected chi connectivity index (χ0v) is 20.5. The van der Waals surface area contributed by atoms with Crippen molar-refractivity contribution in [1.82, 2.24) is 0 Å². The molecule has 0 fully saturated rings. The van der Waals surface area contributed by atoms with Crippen molar-refractivity contribution in [2.24, 2.45) is 0 Å². The summed E-state index contributed by atoms with van der Waals surface area (Å²) in [4.78, 5) is 15.7. The first-order valence-electron chi connectivity index (χ1n) is 11.2. The molecule has 0 aliphatic rings. The number of unbranched alkanes of at least 4 members (excludes halogenated alkanes) is 10. The van der Waals surface area contributed by atoms with Crippen LogP contribution in [0.3, 0.4) is 0 Å². The fraction of sp³-hybridized carbons (Fsp3) is 0.708. The van der Waals surface area contributed by atoms with Crippen LogP contribution in [0.15, 0.2) is 30.3 Å². The van der Waals surface area contributed by atoms with Crippen molar-refractivity contribution in [2.45, 2.75) is 105 Å². The van der Waals surface area contributed by atoms with E-state index < -0.39 is 18.4 Å². The van der Waals surface area contributed by atoms with Gasteiger partial charge in [-0.05, 0) is 0 Å². The van der Waals surface area contributed by atoms with Crippen molar-refractivity contribution in [3.63, 3.8) is 0 Å². The molecule has 0 bridgehead atoms. The first-order chi connectivity index (χ1) is 12.6. The second-order valence-corrected chi connectivity index (χ2v) is 21.4. The van der Waals surface area contributed by atoms with Crippen LogP contribution >= 0.6 is 0 Å². The summed E-state index contributed by atoms with van der Waals surface area (Å²) in [5, 5.41) is 0. The molecule has 1 aromatic carbocycles. The van der Waals surface area contributed by atoms with Crippen LogP contribution in [0.2, 0.25) is 13.8 Å². The fourth-order valence-electron chi connectivity index (χ4n) is 3.88. The van der Waals surface area contributed by atoms with Gasteiger partial charge >= 0.3 is 168 Å². The third-order valence-electron chi connectivity index (χ3n) is 5.75. The van der Waals surface area contributed by atoms with Crippen LogP contribution in [0, 0.1) is 0 Å². The van der Waals surface area contributed by atoms with Crippen LogP contribution in [0.25, 0.3) is 0 Å². The number of carbonyl (C=O) groups excluding carboxylic acids is 1. The molecule has 0 atom stereocenters. The van der Waals surface area contributed by atoms with Crippen LogP contribution in [-0.2, 0) is 0 Å². The Hall–Kier alpha value is -0.311. The molecule has 0 radical (unpaired) electrons. The van der Waals surface area contributed by atoms with E-state index in [1.54, 1.807) is 0 Å². The second kappa shape index (κ2) is 14.7. The van der Waals surface area contributed by atoms with Gasteiger partial charge in [-0.15, -0.1) is 0 Å². The Kier molecular flexibility index (Phi) is 13.4. The number of hydrogen-bond donors (Lipinski definition) is 0. The molecule has 148 valence electrons. The molecule has 1 nitrogen and oxygen atoms in total. The average molecular weight is 465 g/mol. The maximum atomic E-state index is 13.3. The van der Waals surface area contributed by atoms with E-state index in [-0.39, 0.29) is 0 Å². The van der Waals surface area contributed by atoms with Crippen molar-refractivity contribution in [2.75, 3.05) is 0 Å². The molecule has 1 aromatic rings. The molecule has 0 amide bonds. The van der Waals surface area contributed by atoms with Gasteiger partial charge in [0, 0.05) is 0 Å². The predicted octanol–water partition coefficient (Wildman–Crippen LogP) is 8.21. The van der Waals surface area contributed by atoms with Gasteiger partial charge in [-0.25, -0.2) is 0 Å². The van der Waals surface area contributed by atoms with Gasteiger partial charge in [0.1, 0.15) is 0 Å². The zero-order valence-electron chi connectivity index (χ0n) is 17.7. The van der Waals surface area contributed by atoms with E-state index in [1.807, 2.05) is 30.3 Å². The topological polar surface area (TPSA) is 17.1 Å². The summed E-state index contributed by atoms with van der Waals surface area (Å²) in [5.41, 5.74) is 0.989. The van der Waals surface area contributed by atoms with Crippen LogP contribution in [0.5, 0.6) is 0 Å². The second-order valence-electron chi connectivity index (χ2n) is 8.29. The predicted molar refractivity (Wildman–Crippen MR) is 119 cm³/mol. The SMILES string of the molecule is CCCCCCC[CH2][Sn]([CH3])([CH2]CCCCCCC)[C](=O)c1ccccc1. The third kappa shape index (κ3) is 9.57. The minimum absolute atomic E-state index is 0.571. The number of rotatable bonds is 16. The van der Waals surface area contributed by atoms with Gasteiger partial charge in [-0.3, -0.25) is 0 Å². The zero-order chi connectivity index (χ0) is 19.1. The number of carbonyl (C=O) groups is 1. The summed E-state index contributed by atoms with van der Waals surface area (Å²) in [6, 6.07) is 10.1. The van der Waals surface area contributed by atoms with Gasteiger partial charge in [0.25, 0.3) is 0 Å². The fourth-order valence-corrected chi connectivity index (χ4v) is 14.2. The van der Waals surface area contributed by atoms with Gasteiger partial charge < -0.3 is 0 Å². The van der Waals surface area contributed by atoms with Crippen molar-refractivity contribution < 1.29 is 4.79 Å².